The minimum atomic E-state index is -0.507. The third-order valence-electron chi connectivity index (χ3n) is 7.18. The van der Waals surface area contributed by atoms with Crippen molar-refractivity contribution in [1.29, 1.82) is 0 Å². The highest BCUT2D eigenvalue weighted by Crippen LogP contribution is 2.25. The molecule has 0 saturated carbocycles. The van der Waals surface area contributed by atoms with Gasteiger partial charge in [0.2, 0.25) is 0 Å². The van der Waals surface area contributed by atoms with E-state index in [0.717, 1.165) is 64.5 Å². The van der Waals surface area contributed by atoms with Crippen LogP contribution >= 0.6 is 0 Å². The Hall–Kier alpha value is -3.36. The van der Waals surface area contributed by atoms with Gasteiger partial charge < -0.3 is 15.1 Å². The fourth-order valence-corrected chi connectivity index (χ4v) is 4.94. The molecule has 2 aromatic heterocycles. The van der Waals surface area contributed by atoms with E-state index >= 15 is 4.39 Å². The smallest absolute Gasteiger partial charge is 0.254 e. The van der Waals surface area contributed by atoms with E-state index in [1.54, 1.807) is 42.7 Å². The minimum absolute atomic E-state index is 0.0351. The molecule has 1 amide bonds. The number of hydrogen-bond donors (Lipinski definition) is 1. The number of likely N-dealkylation sites (tertiary alicyclic amines) is 1. The van der Waals surface area contributed by atoms with Crippen molar-refractivity contribution in [3.05, 3.63) is 78.0 Å². The van der Waals surface area contributed by atoms with Gasteiger partial charge in [0.15, 0.2) is 0 Å². The van der Waals surface area contributed by atoms with Gasteiger partial charge in [0.25, 0.3) is 5.91 Å². The predicted molar refractivity (Wildman–Crippen MR) is 139 cm³/mol. The van der Waals surface area contributed by atoms with Crippen LogP contribution in [-0.2, 0) is 6.54 Å². The summed E-state index contributed by atoms with van der Waals surface area (Å²) in [5, 5.41) is 3.04. The van der Waals surface area contributed by atoms with Crippen LogP contribution in [-0.4, -0.2) is 78.0 Å². The Bertz CT molecular complexity index is 1160. The molecule has 8 heteroatoms. The van der Waals surface area contributed by atoms with E-state index in [1.807, 2.05) is 6.20 Å². The molecule has 0 atom stereocenters. The first-order chi connectivity index (χ1) is 17.6. The number of piperidine rings is 1. The molecule has 36 heavy (non-hydrogen) atoms. The summed E-state index contributed by atoms with van der Waals surface area (Å²) >= 11 is 0. The lowest BCUT2D eigenvalue weighted by Gasteiger charge is -2.33. The molecule has 3 aromatic rings. The normalized spacial score (nSPS) is 17.8. The fraction of sp³-hybridized carbons (Fsp3) is 0.393. The largest absolute Gasteiger partial charge is 0.354 e. The van der Waals surface area contributed by atoms with Crippen molar-refractivity contribution in [1.82, 2.24) is 25.1 Å². The number of likely N-dealkylation sites (N-methyl/N-ethyl adjacent to an activating group) is 1. The molecule has 2 fully saturated rings. The summed E-state index contributed by atoms with van der Waals surface area (Å²) in [5.41, 5.74) is 2.32. The van der Waals surface area contributed by atoms with Gasteiger partial charge in [0, 0.05) is 81.6 Å². The van der Waals surface area contributed by atoms with Gasteiger partial charge in [0.05, 0.1) is 5.56 Å². The molecule has 0 unspecified atom stereocenters. The molecule has 0 aliphatic carbocycles. The average Bonchev–Trinajstić information content (AvgIpc) is 2.91. The van der Waals surface area contributed by atoms with Gasteiger partial charge in [-0.3, -0.25) is 14.7 Å². The molecule has 7 nitrogen and oxygen atoms in total. The van der Waals surface area contributed by atoms with Crippen LogP contribution in [0.5, 0.6) is 0 Å². The number of aromatic nitrogens is 2. The van der Waals surface area contributed by atoms with Gasteiger partial charge in [-0.05, 0) is 43.7 Å². The number of hydrogen-bond acceptors (Lipinski definition) is 6. The Labute approximate surface area is 212 Å². The molecule has 2 aliphatic rings. The molecular weight excluding hydrogens is 455 g/mol. The summed E-state index contributed by atoms with van der Waals surface area (Å²) in [7, 11) is 2.15. The van der Waals surface area contributed by atoms with E-state index < -0.39 is 5.82 Å². The van der Waals surface area contributed by atoms with E-state index in [9.17, 15) is 4.79 Å². The molecule has 0 radical (unpaired) electrons. The second-order valence-corrected chi connectivity index (χ2v) is 9.75. The summed E-state index contributed by atoms with van der Waals surface area (Å²) in [6.45, 7) is 6.76. The number of benzene rings is 1. The lowest BCUT2D eigenvalue weighted by Crippen LogP contribution is -2.45. The van der Waals surface area contributed by atoms with E-state index in [-0.39, 0.29) is 17.5 Å². The Balaban J connectivity index is 1.12. The Kier molecular flexibility index (Phi) is 7.53. The molecule has 2 saturated heterocycles. The Morgan fingerprint density at radius 2 is 1.81 bits per heavy atom. The van der Waals surface area contributed by atoms with Crippen molar-refractivity contribution in [2.24, 2.45) is 0 Å². The number of pyridine rings is 2. The van der Waals surface area contributed by atoms with Gasteiger partial charge in [-0.2, -0.15) is 0 Å². The zero-order valence-electron chi connectivity index (χ0n) is 20.7. The second kappa shape index (κ2) is 11.1. The number of carbonyl (C=O) groups excluding carboxylic acids is 1. The van der Waals surface area contributed by atoms with Gasteiger partial charge >= 0.3 is 0 Å². The lowest BCUT2D eigenvalue weighted by atomic mass is 10.0. The fourth-order valence-electron chi connectivity index (χ4n) is 4.94. The second-order valence-electron chi connectivity index (χ2n) is 9.75. The number of rotatable bonds is 6. The van der Waals surface area contributed by atoms with Crippen molar-refractivity contribution in [3.63, 3.8) is 0 Å². The third-order valence-corrected chi connectivity index (χ3v) is 7.18. The van der Waals surface area contributed by atoms with Crippen molar-refractivity contribution in [2.45, 2.75) is 25.4 Å². The number of halogens is 1. The number of nitrogens with zero attached hydrogens (tertiary/aromatic N) is 5. The summed E-state index contributed by atoms with van der Waals surface area (Å²) in [5.74, 6) is 0.182. The average molecular weight is 489 g/mol. The SMILES string of the molecule is CN1CCN(c2ccc(CN3CCC(NC(=O)c4cccc(-c5cccnc5)c4F)CC3)cn2)CC1. The summed E-state index contributed by atoms with van der Waals surface area (Å²) < 4.78 is 15.1. The zero-order valence-corrected chi connectivity index (χ0v) is 20.7. The summed E-state index contributed by atoms with van der Waals surface area (Å²) in [4.78, 5) is 28.7. The van der Waals surface area contributed by atoms with Gasteiger partial charge in [0.1, 0.15) is 11.6 Å². The van der Waals surface area contributed by atoms with E-state index in [2.05, 4.69) is 44.2 Å². The standard InChI is InChI=1S/C28H33FN6O/c1-33-14-16-35(17-15-33)26-8-7-21(18-31-26)20-34-12-9-23(10-13-34)32-28(36)25-6-2-5-24(27(25)29)22-4-3-11-30-19-22/h2-8,11,18-19,23H,9-10,12-17,20H2,1H3,(H,32,36). The summed E-state index contributed by atoms with van der Waals surface area (Å²) in [6, 6.07) is 12.8. The van der Waals surface area contributed by atoms with Crippen LogP contribution in [0.2, 0.25) is 0 Å². The van der Waals surface area contributed by atoms with Crippen LogP contribution in [0.25, 0.3) is 11.1 Å². The van der Waals surface area contributed by atoms with Crippen LogP contribution in [0.15, 0.2) is 61.1 Å². The molecule has 0 spiro atoms. The molecule has 1 aromatic carbocycles. The van der Waals surface area contributed by atoms with Crippen LogP contribution < -0.4 is 10.2 Å². The number of nitrogens with one attached hydrogen (secondary N) is 1. The first-order valence-electron chi connectivity index (χ1n) is 12.7. The molecule has 188 valence electrons. The Morgan fingerprint density at radius 3 is 2.50 bits per heavy atom. The van der Waals surface area contributed by atoms with E-state index in [4.69, 9.17) is 4.98 Å². The van der Waals surface area contributed by atoms with Crippen LogP contribution in [0.1, 0.15) is 28.8 Å². The molecule has 4 heterocycles. The van der Waals surface area contributed by atoms with Gasteiger partial charge in [-0.25, -0.2) is 9.37 Å². The van der Waals surface area contributed by atoms with E-state index in [0.29, 0.717) is 11.1 Å². The maximum absolute atomic E-state index is 15.1. The number of piperazine rings is 1. The van der Waals surface area contributed by atoms with Crippen molar-refractivity contribution < 1.29 is 9.18 Å². The lowest BCUT2D eigenvalue weighted by molar-refractivity contribution is 0.0905. The van der Waals surface area contributed by atoms with Crippen LogP contribution in [0, 0.1) is 5.82 Å². The molecule has 0 bridgehead atoms. The van der Waals surface area contributed by atoms with Crippen molar-refractivity contribution in [3.8, 4) is 11.1 Å². The maximum Gasteiger partial charge on any atom is 0.254 e. The highest BCUT2D eigenvalue weighted by atomic mass is 19.1. The zero-order chi connectivity index (χ0) is 24.9. The molecular formula is C28H33FN6O. The molecule has 5 rings (SSSR count). The number of carbonyl (C=O) groups is 1. The topological polar surface area (TPSA) is 64.6 Å². The molecule has 2 aliphatic heterocycles. The predicted octanol–water partition coefficient (Wildman–Crippen LogP) is 3.43. The van der Waals surface area contributed by atoms with Crippen LogP contribution in [0.4, 0.5) is 10.2 Å². The summed E-state index contributed by atoms with van der Waals surface area (Å²) in [6.07, 6.45) is 6.90. The maximum atomic E-state index is 15.1. The highest BCUT2D eigenvalue weighted by molar-refractivity contribution is 5.96. The van der Waals surface area contributed by atoms with Crippen molar-refractivity contribution in [2.75, 3.05) is 51.2 Å². The monoisotopic (exact) mass is 488 g/mol. The third kappa shape index (κ3) is 5.71. The van der Waals surface area contributed by atoms with Crippen LogP contribution in [0.3, 0.4) is 0 Å². The van der Waals surface area contributed by atoms with Crippen molar-refractivity contribution >= 4 is 11.7 Å². The number of anilines is 1. The van der Waals surface area contributed by atoms with Gasteiger partial charge in [-0.1, -0.05) is 24.3 Å². The quantitative estimate of drug-likeness (QED) is 0.574. The van der Waals surface area contributed by atoms with Gasteiger partial charge in [-0.15, -0.1) is 0 Å². The number of amides is 1. The first-order valence-corrected chi connectivity index (χ1v) is 12.7. The van der Waals surface area contributed by atoms with E-state index in [1.165, 1.54) is 5.56 Å². The molecule has 1 N–H and O–H groups in total. The first kappa shape index (κ1) is 24.3. The Morgan fingerprint density at radius 1 is 1.00 bits per heavy atom. The highest BCUT2D eigenvalue weighted by Gasteiger charge is 2.24. The minimum Gasteiger partial charge on any atom is -0.354 e.